The van der Waals surface area contributed by atoms with E-state index in [1.165, 1.54) is 0 Å². The Morgan fingerprint density at radius 3 is 1.58 bits per heavy atom. The topological polar surface area (TPSA) is 179 Å². The van der Waals surface area contributed by atoms with Crippen molar-refractivity contribution in [3.63, 3.8) is 0 Å². The lowest BCUT2D eigenvalue weighted by molar-refractivity contribution is -0.392. The van der Waals surface area contributed by atoms with Crippen molar-refractivity contribution in [3.8, 4) is 0 Å². The van der Waals surface area contributed by atoms with Crippen LogP contribution in [0.5, 0.6) is 0 Å². The molecular weight excluding hydrogens is 328 g/mol. The van der Waals surface area contributed by atoms with Crippen molar-refractivity contribution in [1.29, 1.82) is 0 Å². The number of aliphatic hydroxyl groups is 5. The molecule has 0 aromatic heterocycles. The van der Waals surface area contributed by atoms with Gasteiger partial charge in [0.1, 0.15) is 6.10 Å². The molecule has 1 heterocycles. The van der Waals surface area contributed by atoms with Gasteiger partial charge >= 0.3 is 0 Å². The molecule has 0 radical (unpaired) electrons. The fourth-order valence-electron chi connectivity index (χ4n) is 2.96. The third-order valence-corrected chi connectivity index (χ3v) is 4.56. The minimum absolute atomic E-state index is 0.637. The van der Waals surface area contributed by atoms with Gasteiger partial charge in [-0.1, -0.05) is 0 Å². The van der Waals surface area contributed by atoms with Gasteiger partial charge < -0.3 is 30.3 Å². The molecule has 1 saturated heterocycles. The Bertz CT molecular complexity index is 615. The van der Waals surface area contributed by atoms with Gasteiger partial charge in [-0.3, -0.25) is 19.2 Å². The normalized spacial score (nSPS) is 42.5. The van der Waals surface area contributed by atoms with Crippen LogP contribution in [0.3, 0.4) is 0 Å². The zero-order valence-corrected chi connectivity index (χ0v) is 13.6. The molecule has 0 aliphatic carbocycles. The molecule has 24 heavy (non-hydrogen) atoms. The van der Waals surface area contributed by atoms with E-state index in [9.17, 15) is 44.7 Å². The average Bonchev–Trinajstić information content (AvgIpc) is 2.47. The molecule has 1 rings (SSSR count). The van der Waals surface area contributed by atoms with Crippen LogP contribution in [0.1, 0.15) is 27.7 Å². The van der Waals surface area contributed by atoms with Crippen LogP contribution in [0.15, 0.2) is 0 Å². The van der Waals surface area contributed by atoms with Gasteiger partial charge in [-0.2, -0.15) is 0 Å². The van der Waals surface area contributed by atoms with Crippen molar-refractivity contribution in [2.45, 2.75) is 56.4 Å². The molecule has 1 unspecified atom stereocenters. The lowest BCUT2D eigenvalue weighted by Crippen LogP contribution is -2.88. The zero-order chi connectivity index (χ0) is 19.3. The number of ether oxygens (including phenoxy) is 1. The minimum atomic E-state index is -3.62. The summed E-state index contributed by atoms with van der Waals surface area (Å²) in [6.07, 6.45) is -2.65. The summed E-state index contributed by atoms with van der Waals surface area (Å²) in [5.74, 6) is -9.09. The van der Waals surface area contributed by atoms with Crippen LogP contribution in [0, 0.1) is 0 Å². The molecule has 5 atom stereocenters. The molecule has 0 aromatic rings. The summed E-state index contributed by atoms with van der Waals surface area (Å²) < 4.78 is 4.84. The minimum Gasteiger partial charge on any atom is -0.393 e. The van der Waals surface area contributed by atoms with E-state index >= 15 is 0 Å². The zero-order valence-electron chi connectivity index (χ0n) is 13.6. The van der Waals surface area contributed by atoms with E-state index in [0.29, 0.717) is 20.8 Å². The average molecular weight is 348 g/mol. The molecule has 0 amide bonds. The number of carbonyl (C=O) groups excluding carboxylic acids is 4. The van der Waals surface area contributed by atoms with Crippen molar-refractivity contribution in [1.82, 2.24) is 0 Å². The van der Waals surface area contributed by atoms with Crippen LogP contribution in [-0.4, -0.2) is 84.0 Å². The van der Waals surface area contributed by atoms with Crippen LogP contribution in [-0.2, 0) is 23.9 Å². The van der Waals surface area contributed by atoms with Crippen LogP contribution >= 0.6 is 0 Å². The molecule has 0 bridgehead atoms. The quantitative estimate of drug-likeness (QED) is 0.336. The second-order valence-electron chi connectivity index (χ2n) is 5.90. The molecule has 10 nitrogen and oxygen atoms in total. The van der Waals surface area contributed by atoms with E-state index in [4.69, 9.17) is 4.74 Å². The van der Waals surface area contributed by atoms with Crippen LogP contribution in [0.4, 0.5) is 0 Å². The van der Waals surface area contributed by atoms with E-state index < -0.39 is 58.4 Å². The van der Waals surface area contributed by atoms with Gasteiger partial charge in [-0.25, -0.2) is 0 Å². The van der Waals surface area contributed by atoms with Crippen molar-refractivity contribution in [2.75, 3.05) is 6.61 Å². The number of aliphatic hydroxyl groups excluding tert-OH is 2. The van der Waals surface area contributed by atoms with Crippen molar-refractivity contribution in [3.05, 3.63) is 0 Å². The maximum atomic E-state index is 12.0. The van der Waals surface area contributed by atoms with E-state index in [2.05, 4.69) is 0 Å². The third-order valence-electron chi connectivity index (χ3n) is 4.56. The number of Topliss-reactive ketones (excluding diaryl/α,β-unsaturated/α-hetero) is 4. The summed E-state index contributed by atoms with van der Waals surface area (Å²) >= 11 is 0. The van der Waals surface area contributed by atoms with E-state index in [-0.39, 0.29) is 0 Å². The SMILES string of the molecule is CC(=O)C1(O)O[C@@](CO)(C(C)=O)[C@@H](O)[C@@](O)(C(C)=O)[C@@]1(O)C(C)=O. The number of hydrogen-bond donors (Lipinski definition) is 5. The van der Waals surface area contributed by atoms with Crippen molar-refractivity contribution in [2.24, 2.45) is 0 Å². The second kappa shape index (κ2) is 5.76. The van der Waals surface area contributed by atoms with Gasteiger partial charge in [-0.05, 0) is 20.8 Å². The molecule has 0 aromatic carbocycles. The maximum Gasteiger partial charge on any atom is 0.268 e. The highest BCUT2D eigenvalue weighted by molar-refractivity contribution is 6.05. The van der Waals surface area contributed by atoms with Gasteiger partial charge in [-0.15, -0.1) is 0 Å². The first kappa shape index (κ1) is 20.5. The van der Waals surface area contributed by atoms with Gasteiger partial charge in [0.25, 0.3) is 5.79 Å². The Labute approximate surface area is 136 Å². The molecule has 1 aliphatic heterocycles. The molecule has 10 heteroatoms. The monoisotopic (exact) mass is 348 g/mol. The second-order valence-corrected chi connectivity index (χ2v) is 5.90. The Balaban J connectivity index is 4.00. The van der Waals surface area contributed by atoms with Gasteiger partial charge in [0, 0.05) is 6.92 Å². The number of hydrogen-bond acceptors (Lipinski definition) is 10. The molecular formula is C14H20O10. The molecule has 5 N–H and O–H groups in total. The van der Waals surface area contributed by atoms with E-state index in [1.54, 1.807) is 0 Å². The standard InChI is InChI=1S/C14H20O10/c1-6(16)11(5-15)10(20)12(21,7(2)17)13(22,8(3)18)14(23,24-11)9(4)19/h10,15,20-23H,5H2,1-4H3/t10-,11+,12+,13+,14?/m1/s1. The fraction of sp³-hybridized carbons (Fsp3) is 0.714. The Kier molecular flexibility index (Phi) is 4.92. The number of rotatable bonds is 5. The summed E-state index contributed by atoms with van der Waals surface area (Å²) in [4.78, 5) is 47.8. The largest absolute Gasteiger partial charge is 0.393 e. The van der Waals surface area contributed by atoms with Crippen LogP contribution in [0.25, 0.3) is 0 Å². The predicted octanol–water partition coefficient (Wildman–Crippen LogP) is -3.38. The summed E-state index contributed by atoms with van der Waals surface area (Å²) in [6, 6.07) is 0. The Morgan fingerprint density at radius 1 is 0.875 bits per heavy atom. The predicted molar refractivity (Wildman–Crippen MR) is 74.5 cm³/mol. The molecule has 0 saturated carbocycles. The lowest BCUT2D eigenvalue weighted by atomic mass is 9.61. The number of ketones is 4. The van der Waals surface area contributed by atoms with Crippen LogP contribution < -0.4 is 0 Å². The van der Waals surface area contributed by atoms with Crippen molar-refractivity contribution < 1.29 is 49.4 Å². The molecule has 136 valence electrons. The summed E-state index contributed by atoms with van der Waals surface area (Å²) in [5.41, 5.74) is -9.96. The highest BCUT2D eigenvalue weighted by Crippen LogP contribution is 2.49. The van der Waals surface area contributed by atoms with Gasteiger partial charge in [0.05, 0.1) is 6.61 Å². The molecule has 1 aliphatic rings. The first-order chi connectivity index (χ1) is 10.7. The maximum absolute atomic E-state index is 12.0. The van der Waals surface area contributed by atoms with Gasteiger partial charge in [0.15, 0.2) is 34.3 Å². The highest BCUT2D eigenvalue weighted by atomic mass is 16.7. The van der Waals surface area contributed by atoms with E-state index in [1.807, 2.05) is 0 Å². The Hall–Kier alpha value is -1.56. The summed E-state index contributed by atoms with van der Waals surface area (Å²) in [7, 11) is 0. The van der Waals surface area contributed by atoms with Crippen LogP contribution in [0.2, 0.25) is 0 Å². The summed E-state index contributed by atoms with van der Waals surface area (Å²) in [5, 5.41) is 51.7. The smallest absolute Gasteiger partial charge is 0.268 e. The fourth-order valence-corrected chi connectivity index (χ4v) is 2.96. The summed E-state index contributed by atoms with van der Waals surface area (Å²) in [6.45, 7) is 1.39. The lowest BCUT2D eigenvalue weighted by Gasteiger charge is -2.58. The van der Waals surface area contributed by atoms with Crippen molar-refractivity contribution >= 4 is 23.1 Å². The molecule has 1 fully saturated rings. The Morgan fingerprint density at radius 2 is 1.33 bits per heavy atom. The van der Waals surface area contributed by atoms with Gasteiger partial charge in [0.2, 0.25) is 5.60 Å². The first-order valence-electron chi connectivity index (χ1n) is 6.90. The third kappa shape index (κ3) is 2.05. The first-order valence-corrected chi connectivity index (χ1v) is 6.90. The molecule has 0 spiro atoms. The van der Waals surface area contributed by atoms with E-state index in [0.717, 1.165) is 6.92 Å². The highest BCUT2D eigenvalue weighted by Gasteiger charge is 2.81. The number of carbonyl (C=O) groups is 4.